The Labute approximate surface area is 206 Å². The minimum atomic E-state index is -0.573. The highest BCUT2D eigenvalue weighted by Crippen LogP contribution is 2.52. The summed E-state index contributed by atoms with van der Waals surface area (Å²) in [6, 6.07) is 20.9. The van der Waals surface area contributed by atoms with Crippen LogP contribution in [-0.2, 0) is 29.8 Å². The predicted molar refractivity (Wildman–Crippen MR) is 133 cm³/mol. The smallest absolute Gasteiger partial charge is 0.411 e. The third-order valence-electron chi connectivity index (χ3n) is 8.15. The second kappa shape index (κ2) is 8.68. The molecule has 2 fully saturated rings. The van der Waals surface area contributed by atoms with Gasteiger partial charge in [0.15, 0.2) is 0 Å². The second-order valence-corrected chi connectivity index (χ2v) is 10.1. The first-order chi connectivity index (χ1) is 17.1. The van der Waals surface area contributed by atoms with Gasteiger partial charge >= 0.3 is 6.09 Å². The molecule has 1 amide bonds. The van der Waals surface area contributed by atoms with Crippen LogP contribution in [0, 0.1) is 0 Å². The molecule has 6 heteroatoms. The molecule has 4 heterocycles. The standard InChI is InChI=1S/C29H31N3O3/c1-28(25-7-3-2-4-8-25)29(35-27(33)32(28)21-23-6-5-14-30-19-23)12-15-31(16-13-29)20-22-9-10-26-24(18-22)11-17-34-26/h2-10,14,18-19H,11-13,15-17,20-21H2,1H3. The van der Waals surface area contributed by atoms with Crippen molar-refractivity contribution in [3.63, 3.8) is 0 Å². The van der Waals surface area contributed by atoms with Crippen LogP contribution in [0.4, 0.5) is 4.79 Å². The summed E-state index contributed by atoms with van der Waals surface area (Å²) < 4.78 is 12.0. The topological polar surface area (TPSA) is 54.9 Å². The van der Waals surface area contributed by atoms with Gasteiger partial charge in [0.2, 0.25) is 0 Å². The van der Waals surface area contributed by atoms with E-state index in [0.29, 0.717) is 6.54 Å². The molecule has 2 aromatic carbocycles. The molecule has 180 valence electrons. The zero-order valence-electron chi connectivity index (χ0n) is 20.2. The number of nitrogens with zero attached hydrogens (tertiary/aromatic N) is 3. The van der Waals surface area contributed by atoms with Crippen molar-refractivity contribution in [3.05, 3.63) is 95.3 Å². The number of aromatic nitrogens is 1. The molecule has 1 aromatic heterocycles. The number of likely N-dealkylation sites (tertiary alicyclic amines) is 1. The number of ether oxygens (including phenoxy) is 2. The van der Waals surface area contributed by atoms with Crippen LogP contribution >= 0.6 is 0 Å². The van der Waals surface area contributed by atoms with Crippen molar-refractivity contribution in [3.8, 4) is 5.75 Å². The molecule has 3 aliphatic rings. The number of piperidine rings is 1. The number of carbonyl (C=O) groups is 1. The van der Waals surface area contributed by atoms with Gasteiger partial charge in [0.05, 0.1) is 13.2 Å². The highest BCUT2D eigenvalue weighted by molar-refractivity contribution is 5.73. The number of rotatable bonds is 5. The third kappa shape index (κ3) is 3.76. The van der Waals surface area contributed by atoms with Crippen molar-refractivity contribution in [2.24, 2.45) is 0 Å². The molecule has 0 bridgehead atoms. The molecular weight excluding hydrogens is 438 g/mol. The lowest BCUT2D eigenvalue weighted by atomic mass is 9.70. The fraction of sp³-hybridized carbons (Fsp3) is 0.379. The maximum Gasteiger partial charge on any atom is 0.411 e. The Hall–Kier alpha value is -3.38. The number of hydrogen-bond acceptors (Lipinski definition) is 5. The van der Waals surface area contributed by atoms with E-state index in [9.17, 15) is 4.79 Å². The predicted octanol–water partition coefficient (Wildman–Crippen LogP) is 4.92. The molecule has 0 aliphatic carbocycles. The molecule has 3 aliphatic heterocycles. The lowest BCUT2D eigenvalue weighted by molar-refractivity contribution is -0.0614. The number of carbonyl (C=O) groups excluding carboxylic acids is 1. The molecule has 0 radical (unpaired) electrons. The van der Waals surface area contributed by atoms with Crippen molar-refractivity contribution >= 4 is 6.09 Å². The van der Waals surface area contributed by atoms with Gasteiger partial charge in [-0.15, -0.1) is 0 Å². The summed E-state index contributed by atoms with van der Waals surface area (Å²) in [5.74, 6) is 1.02. The van der Waals surface area contributed by atoms with Crippen LogP contribution in [0.3, 0.4) is 0 Å². The largest absolute Gasteiger partial charge is 0.493 e. The van der Waals surface area contributed by atoms with E-state index in [1.165, 1.54) is 11.1 Å². The Morgan fingerprint density at radius 1 is 0.971 bits per heavy atom. The zero-order valence-corrected chi connectivity index (χ0v) is 20.2. The molecule has 35 heavy (non-hydrogen) atoms. The van der Waals surface area contributed by atoms with Crippen molar-refractivity contribution in [2.75, 3.05) is 19.7 Å². The van der Waals surface area contributed by atoms with Gasteiger partial charge in [-0.2, -0.15) is 0 Å². The van der Waals surface area contributed by atoms with Crippen LogP contribution in [0.25, 0.3) is 0 Å². The summed E-state index contributed by atoms with van der Waals surface area (Å²) in [5.41, 5.74) is 3.60. The molecule has 1 spiro atoms. The van der Waals surface area contributed by atoms with Gasteiger partial charge in [0, 0.05) is 51.3 Å². The minimum absolute atomic E-state index is 0.243. The SMILES string of the molecule is CC1(c2ccccc2)N(Cc2cccnc2)C(=O)OC12CCN(Cc1ccc3c(c1)CCO3)CC2. The third-order valence-corrected chi connectivity index (χ3v) is 8.15. The van der Waals surface area contributed by atoms with E-state index < -0.39 is 11.1 Å². The first-order valence-corrected chi connectivity index (χ1v) is 12.5. The number of fused-ring (bicyclic) bond motifs is 1. The Balaban J connectivity index is 1.26. The summed E-state index contributed by atoms with van der Waals surface area (Å²) in [5, 5.41) is 0. The average Bonchev–Trinajstić information content (AvgIpc) is 3.44. The summed E-state index contributed by atoms with van der Waals surface area (Å²) >= 11 is 0. The van der Waals surface area contributed by atoms with Gasteiger partial charge < -0.3 is 9.47 Å². The van der Waals surface area contributed by atoms with Crippen molar-refractivity contribution in [1.29, 1.82) is 0 Å². The summed E-state index contributed by atoms with van der Waals surface area (Å²) in [4.78, 5) is 22.0. The Morgan fingerprint density at radius 2 is 1.80 bits per heavy atom. The van der Waals surface area contributed by atoms with Crippen molar-refractivity contribution in [1.82, 2.24) is 14.8 Å². The molecule has 3 aromatic rings. The molecule has 0 saturated carbocycles. The number of pyridine rings is 1. The van der Waals surface area contributed by atoms with E-state index in [4.69, 9.17) is 9.47 Å². The minimum Gasteiger partial charge on any atom is -0.493 e. The summed E-state index contributed by atoms with van der Waals surface area (Å²) in [6.45, 7) is 6.09. The molecule has 6 nitrogen and oxygen atoms in total. The number of benzene rings is 2. The number of hydrogen-bond donors (Lipinski definition) is 0. The Morgan fingerprint density at radius 3 is 2.57 bits per heavy atom. The van der Waals surface area contributed by atoms with Crippen LogP contribution < -0.4 is 4.74 Å². The first kappa shape index (κ1) is 22.1. The van der Waals surface area contributed by atoms with Crippen LogP contribution in [-0.4, -0.2) is 46.2 Å². The van der Waals surface area contributed by atoms with Gasteiger partial charge in [-0.3, -0.25) is 14.8 Å². The lowest BCUT2D eigenvalue weighted by Gasteiger charge is -2.48. The monoisotopic (exact) mass is 469 g/mol. The Bertz CT molecular complexity index is 1210. The van der Waals surface area contributed by atoms with E-state index in [1.54, 1.807) is 6.20 Å². The van der Waals surface area contributed by atoms with Gasteiger partial charge in [0.1, 0.15) is 16.9 Å². The summed E-state index contributed by atoms with van der Waals surface area (Å²) in [6.07, 6.45) is 5.92. The average molecular weight is 470 g/mol. The van der Waals surface area contributed by atoms with Crippen molar-refractivity contribution in [2.45, 2.75) is 50.4 Å². The maximum atomic E-state index is 13.4. The Kier molecular flexibility index (Phi) is 5.49. The van der Waals surface area contributed by atoms with Gasteiger partial charge in [0.25, 0.3) is 0 Å². The van der Waals surface area contributed by atoms with Gasteiger partial charge in [-0.1, -0.05) is 48.5 Å². The van der Waals surface area contributed by atoms with E-state index in [1.807, 2.05) is 41.4 Å². The normalized spacial score (nSPS) is 23.2. The fourth-order valence-electron chi connectivity index (χ4n) is 6.09. The molecule has 6 rings (SSSR count). The lowest BCUT2D eigenvalue weighted by Crippen LogP contribution is -2.58. The van der Waals surface area contributed by atoms with E-state index in [0.717, 1.165) is 62.4 Å². The number of amides is 1. The second-order valence-electron chi connectivity index (χ2n) is 10.1. The molecular formula is C29H31N3O3. The van der Waals surface area contributed by atoms with E-state index >= 15 is 0 Å². The van der Waals surface area contributed by atoms with Crippen LogP contribution in [0.1, 0.15) is 42.0 Å². The van der Waals surface area contributed by atoms with E-state index in [-0.39, 0.29) is 6.09 Å². The maximum absolute atomic E-state index is 13.4. The molecule has 1 atom stereocenters. The first-order valence-electron chi connectivity index (χ1n) is 12.5. The molecule has 0 N–H and O–H groups in total. The zero-order chi connectivity index (χ0) is 23.9. The fourth-order valence-corrected chi connectivity index (χ4v) is 6.09. The van der Waals surface area contributed by atoms with Crippen LogP contribution in [0.5, 0.6) is 5.75 Å². The van der Waals surface area contributed by atoms with Gasteiger partial charge in [-0.25, -0.2) is 4.79 Å². The highest BCUT2D eigenvalue weighted by Gasteiger charge is 2.63. The van der Waals surface area contributed by atoms with Crippen LogP contribution in [0.2, 0.25) is 0 Å². The molecule has 1 unspecified atom stereocenters. The van der Waals surface area contributed by atoms with Gasteiger partial charge in [-0.05, 0) is 41.3 Å². The molecule has 2 saturated heterocycles. The van der Waals surface area contributed by atoms with Crippen LogP contribution in [0.15, 0.2) is 73.1 Å². The quantitative estimate of drug-likeness (QED) is 0.531. The highest BCUT2D eigenvalue weighted by atomic mass is 16.6. The van der Waals surface area contributed by atoms with E-state index in [2.05, 4.69) is 47.1 Å². The van der Waals surface area contributed by atoms with Crippen molar-refractivity contribution < 1.29 is 14.3 Å². The summed E-state index contributed by atoms with van der Waals surface area (Å²) in [7, 11) is 0.